The highest BCUT2D eigenvalue weighted by atomic mass is 35.5. The van der Waals surface area contributed by atoms with Crippen LogP contribution in [0.3, 0.4) is 0 Å². The highest BCUT2D eigenvalue weighted by Gasteiger charge is 2.17. The van der Waals surface area contributed by atoms with Gasteiger partial charge in [0.15, 0.2) is 0 Å². The summed E-state index contributed by atoms with van der Waals surface area (Å²) in [7, 11) is 0. The summed E-state index contributed by atoms with van der Waals surface area (Å²) < 4.78 is 0. The van der Waals surface area contributed by atoms with Gasteiger partial charge in [0.2, 0.25) is 0 Å². The number of nitro groups is 1. The van der Waals surface area contributed by atoms with Crippen LogP contribution in [0.1, 0.15) is 17.3 Å². The van der Waals surface area contributed by atoms with E-state index in [4.69, 9.17) is 11.6 Å². The van der Waals surface area contributed by atoms with Gasteiger partial charge >= 0.3 is 0 Å². The monoisotopic (exact) mass is 283 g/mol. The minimum atomic E-state index is -0.554. The molecule has 0 aliphatic rings. The van der Waals surface area contributed by atoms with Crippen LogP contribution in [0.4, 0.5) is 11.4 Å². The third-order valence-corrected chi connectivity index (χ3v) is 2.40. The van der Waals surface area contributed by atoms with Gasteiger partial charge in [-0.15, -0.1) is 0 Å². The lowest BCUT2D eigenvalue weighted by Crippen LogP contribution is -2.22. The van der Waals surface area contributed by atoms with E-state index in [0.717, 1.165) is 0 Å². The predicted molar refractivity (Wildman–Crippen MR) is 74.6 cm³/mol. The number of nitrogens with zero attached hydrogens (tertiary/aromatic N) is 1. The molecule has 0 aliphatic heterocycles. The normalized spacial score (nSPS) is 9.79. The highest BCUT2D eigenvalue weighted by Crippen LogP contribution is 2.25. The van der Waals surface area contributed by atoms with E-state index >= 15 is 0 Å². The number of carbonyl (C=O) groups is 1. The Bertz CT molecular complexity index is 517. The van der Waals surface area contributed by atoms with Crippen LogP contribution >= 0.6 is 11.6 Å². The first-order chi connectivity index (χ1) is 8.95. The number of rotatable bonds is 6. The molecule has 0 unspecified atom stereocenters. The molecule has 7 heteroatoms. The minimum Gasteiger partial charge on any atom is -0.375 e. The number of nitro benzene ring substituents is 1. The number of carbonyl (C=O) groups excluding carboxylic acids is 1. The van der Waals surface area contributed by atoms with Crippen molar-refractivity contribution < 1.29 is 9.72 Å². The van der Waals surface area contributed by atoms with E-state index in [9.17, 15) is 14.9 Å². The molecule has 1 rings (SSSR count). The second kappa shape index (κ2) is 6.75. The number of nitrogens with one attached hydrogen (secondary N) is 2. The fraction of sp³-hybridized carbons (Fsp3) is 0.250. The van der Waals surface area contributed by atoms with Gasteiger partial charge in [0.1, 0.15) is 5.69 Å². The van der Waals surface area contributed by atoms with E-state index in [-0.39, 0.29) is 23.7 Å². The third-order valence-electron chi connectivity index (χ3n) is 2.26. The average molecular weight is 284 g/mol. The highest BCUT2D eigenvalue weighted by molar-refractivity contribution is 6.29. The zero-order chi connectivity index (χ0) is 14.4. The van der Waals surface area contributed by atoms with Gasteiger partial charge in [-0.1, -0.05) is 18.2 Å². The minimum absolute atomic E-state index is 0.179. The Morgan fingerprint density at radius 3 is 2.74 bits per heavy atom. The molecule has 0 heterocycles. The molecule has 19 heavy (non-hydrogen) atoms. The van der Waals surface area contributed by atoms with Crippen molar-refractivity contribution in [3.63, 3.8) is 0 Å². The van der Waals surface area contributed by atoms with Crippen LogP contribution in [0, 0.1) is 10.1 Å². The summed E-state index contributed by atoms with van der Waals surface area (Å²) in [6.45, 7) is 5.92. The molecule has 102 valence electrons. The van der Waals surface area contributed by atoms with E-state index < -0.39 is 4.92 Å². The van der Waals surface area contributed by atoms with E-state index in [0.29, 0.717) is 17.3 Å². The van der Waals surface area contributed by atoms with Gasteiger partial charge in [0, 0.05) is 23.2 Å². The van der Waals surface area contributed by atoms with Gasteiger partial charge in [-0.25, -0.2) is 0 Å². The Kier molecular flexibility index (Phi) is 5.32. The van der Waals surface area contributed by atoms with Gasteiger partial charge in [0.05, 0.1) is 11.5 Å². The van der Waals surface area contributed by atoms with Crippen LogP contribution in [0.15, 0.2) is 29.8 Å². The number of amides is 1. The molecule has 0 spiro atoms. The van der Waals surface area contributed by atoms with Crippen molar-refractivity contribution in [3.8, 4) is 0 Å². The molecule has 0 bridgehead atoms. The second-order valence-electron chi connectivity index (χ2n) is 3.72. The summed E-state index contributed by atoms with van der Waals surface area (Å²) >= 11 is 5.59. The molecular weight excluding hydrogens is 270 g/mol. The van der Waals surface area contributed by atoms with Gasteiger partial charge < -0.3 is 10.6 Å². The average Bonchev–Trinajstić information content (AvgIpc) is 2.36. The van der Waals surface area contributed by atoms with Gasteiger partial charge in [-0.05, 0) is 19.1 Å². The molecule has 6 nitrogen and oxygen atoms in total. The topological polar surface area (TPSA) is 84.3 Å². The summed E-state index contributed by atoms with van der Waals surface area (Å²) in [5.41, 5.74) is 0.352. The molecule has 0 atom stereocenters. The molecule has 1 aromatic rings. The maximum Gasteiger partial charge on any atom is 0.293 e. The maximum absolute atomic E-state index is 11.6. The van der Waals surface area contributed by atoms with Crippen molar-refractivity contribution in [2.45, 2.75) is 6.92 Å². The SMILES string of the molecule is C=C(Cl)CNc1ccc(C(=O)NCC)cc1[N+](=O)[O-]. The molecular formula is C12H14ClN3O3. The Morgan fingerprint density at radius 2 is 2.21 bits per heavy atom. The largest absolute Gasteiger partial charge is 0.375 e. The summed E-state index contributed by atoms with van der Waals surface area (Å²) in [5, 5.41) is 16.7. The van der Waals surface area contributed by atoms with Crippen LogP contribution in [-0.2, 0) is 0 Å². The van der Waals surface area contributed by atoms with Crippen molar-refractivity contribution >= 4 is 28.9 Å². The summed E-state index contributed by atoms with van der Waals surface area (Å²) in [4.78, 5) is 22.0. The third kappa shape index (κ3) is 4.26. The molecule has 0 fully saturated rings. The van der Waals surface area contributed by atoms with Crippen molar-refractivity contribution in [2.75, 3.05) is 18.4 Å². The number of benzene rings is 1. The van der Waals surface area contributed by atoms with Crippen LogP contribution in [0.5, 0.6) is 0 Å². The Labute approximate surface area is 115 Å². The Balaban J connectivity index is 3.04. The number of anilines is 1. The van der Waals surface area contributed by atoms with E-state index in [1.54, 1.807) is 6.92 Å². The molecule has 0 aliphatic carbocycles. The molecule has 0 saturated heterocycles. The molecule has 0 radical (unpaired) electrons. The van der Waals surface area contributed by atoms with Crippen molar-refractivity contribution in [2.24, 2.45) is 0 Å². The first-order valence-corrected chi connectivity index (χ1v) is 5.97. The number of hydrogen-bond donors (Lipinski definition) is 2. The first-order valence-electron chi connectivity index (χ1n) is 5.59. The van der Waals surface area contributed by atoms with Crippen molar-refractivity contribution in [1.82, 2.24) is 5.32 Å². The zero-order valence-corrected chi connectivity index (χ0v) is 11.2. The van der Waals surface area contributed by atoms with E-state index in [1.807, 2.05) is 0 Å². The number of halogens is 1. The van der Waals surface area contributed by atoms with Gasteiger partial charge in [-0.3, -0.25) is 14.9 Å². The molecule has 2 N–H and O–H groups in total. The summed E-state index contributed by atoms with van der Waals surface area (Å²) in [6, 6.07) is 4.21. The Morgan fingerprint density at radius 1 is 1.53 bits per heavy atom. The van der Waals surface area contributed by atoms with E-state index in [1.165, 1.54) is 18.2 Å². The maximum atomic E-state index is 11.6. The molecule has 1 amide bonds. The predicted octanol–water partition coefficient (Wildman–Crippen LogP) is 2.51. The Hall–Kier alpha value is -2.08. The zero-order valence-electron chi connectivity index (χ0n) is 10.4. The fourth-order valence-electron chi connectivity index (χ4n) is 1.43. The summed E-state index contributed by atoms with van der Waals surface area (Å²) in [6.07, 6.45) is 0. The molecule has 1 aromatic carbocycles. The van der Waals surface area contributed by atoms with Crippen LogP contribution in [0.2, 0.25) is 0 Å². The first kappa shape index (κ1) is 15.0. The second-order valence-corrected chi connectivity index (χ2v) is 4.25. The van der Waals surface area contributed by atoms with Crippen molar-refractivity contribution in [1.29, 1.82) is 0 Å². The smallest absolute Gasteiger partial charge is 0.293 e. The quantitative estimate of drug-likeness (QED) is 0.620. The lowest BCUT2D eigenvalue weighted by atomic mass is 10.1. The van der Waals surface area contributed by atoms with Gasteiger partial charge in [0.25, 0.3) is 11.6 Å². The summed E-state index contributed by atoms with van der Waals surface area (Å²) in [5.74, 6) is -0.348. The lowest BCUT2D eigenvalue weighted by molar-refractivity contribution is -0.384. The van der Waals surface area contributed by atoms with Crippen LogP contribution in [0.25, 0.3) is 0 Å². The lowest BCUT2D eigenvalue weighted by Gasteiger charge is -2.08. The molecule has 0 saturated carbocycles. The standard InChI is InChI=1S/C12H14ClN3O3/c1-3-14-12(17)9-4-5-10(15-7-8(2)13)11(6-9)16(18)19/h4-6,15H,2-3,7H2,1H3,(H,14,17). The van der Waals surface area contributed by atoms with Crippen LogP contribution < -0.4 is 10.6 Å². The van der Waals surface area contributed by atoms with Crippen LogP contribution in [-0.4, -0.2) is 23.9 Å². The van der Waals surface area contributed by atoms with Gasteiger partial charge in [-0.2, -0.15) is 0 Å². The molecule has 0 aromatic heterocycles. The fourth-order valence-corrected chi connectivity index (χ4v) is 1.49. The van der Waals surface area contributed by atoms with Crippen molar-refractivity contribution in [3.05, 3.63) is 45.5 Å². The number of hydrogen-bond acceptors (Lipinski definition) is 4. The van der Waals surface area contributed by atoms with E-state index in [2.05, 4.69) is 17.2 Å².